The number of carbonyl (C=O) groups is 1. The van der Waals surface area contributed by atoms with E-state index in [4.69, 9.17) is 4.74 Å². The van der Waals surface area contributed by atoms with Gasteiger partial charge in [-0.1, -0.05) is 44.2 Å². The second-order valence-electron chi connectivity index (χ2n) is 5.31. The molecule has 0 N–H and O–H groups in total. The molecule has 1 aromatic carbocycles. The summed E-state index contributed by atoms with van der Waals surface area (Å²) in [4.78, 5) is 13.3. The van der Waals surface area contributed by atoms with Crippen molar-refractivity contribution in [2.24, 2.45) is 5.92 Å². The van der Waals surface area contributed by atoms with Crippen LogP contribution in [0.5, 0.6) is 0 Å². The lowest BCUT2D eigenvalue weighted by atomic mass is 10.2. The zero-order valence-corrected chi connectivity index (χ0v) is 13.0. The van der Waals surface area contributed by atoms with Gasteiger partial charge in [-0.3, -0.25) is 4.79 Å². The molecule has 0 aliphatic rings. The molecular formula is C16H27NO2. The summed E-state index contributed by atoms with van der Waals surface area (Å²) in [5, 5.41) is 0. The number of benzene rings is 1. The summed E-state index contributed by atoms with van der Waals surface area (Å²) < 4.78 is 5.05. The molecule has 1 aromatic rings. The van der Waals surface area contributed by atoms with Crippen LogP contribution in [0.4, 0.5) is 0 Å². The summed E-state index contributed by atoms with van der Waals surface area (Å²) in [6, 6.07) is 10.4. The molecule has 0 amide bonds. The number of hydrogen-bond acceptors (Lipinski definition) is 3. The van der Waals surface area contributed by atoms with Crippen LogP contribution in [0.25, 0.3) is 0 Å². The molecule has 0 radical (unpaired) electrons. The smallest absolute Gasteiger partial charge is 0.308 e. The van der Waals surface area contributed by atoms with Crippen LogP contribution in [0, 0.1) is 5.92 Å². The Hall–Kier alpha value is -1.35. The lowest BCUT2D eigenvalue weighted by molar-refractivity contribution is -0.148. The van der Waals surface area contributed by atoms with E-state index in [2.05, 4.69) is 32.8 Å². The third-order valence-electron chi connectivity index (χ3n) is 2.73. The van der Waals surface area contributed by atoms with Gasteiger partial charge in [0.25, 0.3) is 0 Å². The molecule has 0 atom stereocenters. The summed E-state index contributed by atoms with van der Waals surface area (Å²) in [6.07, 6.45) is 0. The maximum atomic E-state index is 11.1. The van der Waals surface area contributed by atoms with Gasteiger partial charge in [0, 0.05) is 6.04 Å². The van der Waals surface area contributed by atoms with E-state index < -0.39 is 0 Å². The Bertz CT molecular complexity index is 339. The average molecular weight is 265 g/mol. The molecular weight excluding hydrogens is 238 g/mol. The molecule has 3 nitrogen and oxygen atoms in total. The number of esters is 1. The van der Waals surface area contributed by atoms with E-state index in [9.17, 15) is 4.79 Å². The van der Waals surface area contributed by atoms with Gasteiger partial charge in [-0.15, -0.1) is 0 Å². The normalized spacial score (nSPS) is 10.4. The number of carbonyl (C=O) groups excluding carboxylic acids is 1. The molecule has 0 spiro atoms. The average Bonchev–Trinajstić information content (AvgIpc) is 2.37. The molecule has 3 heteroatoms. The van der Waals surface area contributed by atoms with Crippen molar-refractivity contribution >= 4 is 5.97 Å². The Labute approximate surface area is 117 Å². The Balaban J connectivity index is 0.000000459. The molecule has 108 valence electrons. The molecule has 0 saturated heterocycles. The Morgan fingerprint density at radius 3 is 1.95 bits per heavy atom. The van der Waals surface area contributed by atoms with Crippen LogP contribution in [0.3, 0.4) is 0 Å². The first-order valence-corrected chi connectivity index (χ1v) is 6.71. The largest absolute Gasteiger partial charge is 0.461 e. The predicted octanol–water partition coefficient (Wildman–Crippen LogP) is 3.34. The van der Waals surface area contributed by atoms with E-state index in [1.165, 1.54) is 0 Å². The summed E-state index contributed by atoms with van der Waals surface area (Å²) in [6.45, 7) is 8.36. The van der Waals surface area contributed by atoms with E-state index in [0.29, 0.717) is 12.6 Å². The van der Waals surface area contributed by atoms with Gasteiger partial charge in [0.2, 0.25) is 0 Å². The Morgan fingerprint density at radius 2 is 1.58 bits per heavy atom. The van der Waals surface area contributed by atoms with Gasteiger partial charge in [-0.2, -0.15) is 0 Å². The molecule has 0 saturated carbocycles. The molecule has 0 bridgehead atoms. The number of rotatable bonds is 4. The van der Waals surface area contributed by atoms with E-state index in [1.54, 1.807) is 0 Å². The van der Waals surface area contributed by atoms with Crippen molar-refractivity contribution in [1.29, 1.82) is 0 Å². The van der Waals surface area contributed by atoms with Gasteiger partial charge in [-0.25, -0.2) is 0 Å². The summed E-state index contributed by atoms with van der Waals surface area (Å²) in [7, 11) is 4.15. The number of hydrogen-bond donors (Lipinski definition) is 0. The zero-order chi connectivity index (χ0) is 14.8. The van der Waals surface area contributed by atoms with Crippen molar-refractivity contribution in [3.8, 4) is 0 Å². The highest BCUT2D eigenvalue weighted by Gasteiger charge is 2.07. The van der Waals surface area contributed by atoms with Gasteiger partial charge < -0.3 is 9.64 Å². The monoisotopic (exact) mass is 265 g/mol. The standard InChI is InChI=1S/C11H14O2.C5H13N/c1-9(2)11(12)13-8-10-6-4-3-5-7-10;1-5(2)6(3)4/h3-7,9H,8H2,1-2H3;5H,1-4H3. The van der Waals surface area contributed by atoms with Gasteiger partial charge >= 0.3 is 5.97 Å². The fourth-order valence-electron chi connectivity index (χ4n) is 0.895. The number of nitrogens with zero attached hydrogens (tertiary/aromatic N) is 1. The molecule has 19 heavy (non-hydrogen) atoms. The lowest BCUT2D eigenvalue weighted by Gasteiger charge is -2.12. The van der Waals surface area contributed by atoms with Gasteiger partial charge in [0.05, 0.1) is 5.92 Å². The Morgan fingerprint density at radius 1 is 1.11 bits per heavy atom. The lowest BCUT2D eigenvalue weighted by Crippen LogP contribution is -2.20. The van der Waals surface area contributed by atoms with Crippen molar-refractivity contribution in [2.45, 2.75) is 40.3 Å². The van der Waals surface area contributed by atoms with Crippen LogP contribution in [0.1, 0.15) is 33.3 Å². The van der Waals surface area contributed by atoms with Crippen LogP contribution < -0.4 is 0 Å². The molecule has 0 fully saturated rings. The first-order chi connectivity index (χ1) is 8.84. The zero-order valence-electron chi connectivity index (χ0n) is 13.0. The second kappa shape index (κ2) is 9.56. The highest BCUT2D eigenvalue weighted by atomic mass is 16.5. The van der Waals surface area contributed by atoms with E-state index in [-0.39, 0.29) is 11.9 Å². The minimum atomic E-state index is -0.149. The van der Waals surface area contributed by atoms with Crippen LogP contribution in [-0.2, 0) is 16.1 Å². The fourth-order valence-corrected chi connectivity index (χ4v) is 0.895. The van der Waals surface area contributed by atoms with Crippen LogP contribution in [0.2, 0.25) is 0 Å². The highest BCUT2D eigenvalue weighted by Crippen LogP contribution is 2.03. The van der Waals surface area contributed by atoms with Crippen LogP contribution >= 0.6 is 0 Å². The van der Waals surface area contributed by atoms with Crippen LogP contribution in [-0.4, -0.2) is 31.0 Å². The summed E-state index contributed by atoms with van der Waals surface area (Å²) >= 11 is 0. The summed E-state index contributed by atoms with van der Waals surface area (Å²) in [5.41, 5.74) is 1.02. The quantitative estimate of drug-likeness (QED) is 0.782. The Kier molecular flexibility index (Phi) is 8.88. The van der Waals surface area contributed by atoms with Gasteiger partial charge in [-0.05, 0) is 33.5 Å². The van der Waals surface area contributed by atoms with Crippen molar-refractivity contribution in [3.63, 3.8) is 0 Å². The van der Waals surface area contributed by atoms with Crippen molar-refractivity contribution < 1.29 is 9.53 Å². The molecule has 0 unspecified atom stereocenters. The molecule has 0 heterocycles. The predicted molar refractivity (Wildman–Crippen MR) is 79.9 cm³/mol. The van der Waals surface area contributed by atoms with Crippen LogP contribution in [0.15, 0.2) is 30.3 Å². The van der Waals surface area contributed by atoms with Crippen molar-refractivity contribution in [2.75, 3.05) is 14.1 Å². The van der Waals surface area contributed by atoms with E-state index in [0.717, 1.165) is 5.56 Å². The van der Waals surface area contributed by atoms with Gasteiger partial charge in [0.15, 0.2) is 0 Å². The minimum absolute atomic E-state index is 0.0521. The molecule has 0 aliphatic carbocycles. The maximum Gasteiger partial charge on any atom is 0.308 e. The third-order valence-corrected chi connectivity index (χ3v) is 2.73. The number of ether oxygens (including phenoxy) is 1. The second-order valence-corrected chi connectivity index (χ2v) is 5.31. The third kappa shape index (κ3) is 9.25. The molecule has 0 aromatic heterocycles. The summed E-state index contributed by atoms with van der Waals surface area (Å²) in [5.74, 6) is -0.201. The molecule has 1 rings (SSSR count). The topological polar surface area (TPSA) is 29.5 Å². The first kappa shape index (κ1) is 17.6. The van der Waals surface area contributed by atoms with E-state index in [1.807, 2.05) is 44.2 Å². The maximum absolute atomic E-state index is 11.1. The van der Waals surface area contributed by atoms with Gasteiger partial charge in [0.1, 0.15) is 6.61 Å². The molecule has 0 aliphatic heterocycles. The minimum Gasteiger partial charge on any atom is -0.461 e. The van der Waals surface area contributed by atoms with E-state index >= 15 is 0 Å². The fraction of sp³-hybridized carbons (Fsp3) is 0.562. The SMILES string of the molecule is CC(C)C(=O)OCc1ccccc1.CC(C)N(C)C. The van der Waals surface area contributed by atoms with Crippen molar-refractivity contribution in [1.82, 2.24) is 4.90 Å². The van der Waals surface area contributed by atoms with Crippen molar-refractivity contribution in [3.05, 3.63) is 35.9 Å². The highest BCUT2D eigenvalue weighted by molar-refractivity contribution is 5.71. The first-order valence-electron chi connectivity index (χ1n) is 6.71.